The van der Waals surface area contributed by atoms with Crippen molar-refractivity contribution < 1.29 is 23.9 Å². The predicted octanol–water partition coefficient (Wildman–Crippen LogP) is 0.885. The average Bonchev–Trinajstić information content (AvgIpc) is 2.67. The minimum absolute atomic E-state index is 0.182. The maximum atomic E-state index is 12.7. The topological polar surface area (TPSA) is 91.3 Å². The molecule has 3 aliphatic rings. The second-order valence-corrected chi connectivity index (χ2v) is 12.2. The molecule has 0 radical (unpaired) electrons. The standard InChI is InChI=1S/C20H36N2O5S2/c1-20(2,3)29(25)21-15-6-4-5-14(12-22-7-9-26-10-8-22)13-28-19-18(24)16(23)11-17(15)27-19/h4-5,14-19,21,23-24H,6-13H2,1-3H3/b5-4-/t14-,15+,16?,17-,18+,19?,29+/m0/s1. The molecule has 3 N–H and O–H groups in total. The van der Waals surface area contributed by atoms with Crippen LogP contribution < -0.4 is 4.72 Å². The summed E-state index contributed by atoms with van der Waals surface area (Å²) >= 11 is 1.56. The number of thioether (sulfide) groups is 1. The summed E-state index contributed by atoms with van der Waals surface area (Å²) in [6.45, 7) is 10.2. The van der Waals surface area contributed by atoms with Crippen LogP contribution in [0.4, 0.5) is 0 Å². The van der Waals surface area contributed by atoms with Crippen molar-refractivity contribution in [2.24, 2.45) is 5.92 Å². The molecule has 2 bridgehead atoms. The largest absolute Gasteiger partial charge is 0.390 e. The van der Waals surface area contributed by atoms with Crippen LogP contribution in [-0.4, -0.2) is 92.5 Å². The molecule has 168 valence electrons. The monoisotopic (exact) mass is 448 g/mol. The van der Waals surface area contributed by atoms with Gasteiger partial charge in [0.25, 0.3) is 0 Å². The lowest BCUT2D eigenvalue weighted by molar-refractivity contribution is -0.142. The molecule has 3 rings (SSSR count). The van der Waals surface area contributed by atoms with Gasteiger partial charge in [-0.2, -0.15) is 0 Å². The number of fused-ring (bicyclic) bond motifs is 2. The van der Waals surface area contributed by atoms with Crippen molar-refractivity contribution in [1.82, 2.24) is 9.62 Å². The van der Waals surface area contributed by atoms with Gasteiger partial charge in [0.1, 0.15) is 11.5 Å². The third kappa shape index (κ3) is 6.74. The van der Waals surface area contributed by atoms with E-state index >= 15 is 0 Å². The number of hydrogen-bond acceptors (Lipinski definition) is 7. The second kappa shape index (κ2) is 10.5. The van der Waals surface area contributed by atoms with Crippen LogP contribution in [0.5, 0.6) is 0 Å². The zero-order valence-electron chi connectivity index (χ0n) is 17.7. The summed E-state index contributed by atoms with van der Waals surface area (Å²) in [6.07, 6.45) is 3.38. The van der Waals surface area contributed by atoms with E-state index in [-0.39, 0.29) is 12.1 Å². The Morgan fingerprint density at radius 1 is 1.28 bits per heavy atom. The van der Waals surface area contributed by atoms with E-state index in [0.717, 1.165) is 38.6 Å². The number of nitrogens with one attached hydrogen (secondary N) is 1. The summed E-state index contributed by atoms with van der Waals surface area (Å²) in [7, 11) is -1.24. The van der Waals surface area contributed by atoms with Crippen LogP contribution in [0.3, 0.4) is 0 Å². The predicted molar refractivity (Wildman–Crippen MR) is 117 cm³/mol. The highest BCUT2D eigenvalue weighted by molar-refractivity contribution is 7.99. The number of aliphatic hydroxyl groups excluding tert-OH is 2. The van der Waals surface area contributed by atoms with Crippen molar-refractivity contribution in [3.8, 4) is 0 Å². The van der Waals surface area contributed by atoms with E-state index in [1.54, 1.807) is 11.8 Å². The van der Waals surface area contributed by atoms with Crippen molar-refractivity contribution in [2.75, 3.05) is 38.6 Å². The summed E-state index contributed by atoms with van der Waals surface area (Å²) < 4.78 is 27.2. The van der Waals surface area contributed by atoms with Crippen molar-refractivity contribution in [1.29, 1.82) is 0 Å². The maximum absolute atomic E-state index is 12.7. The Kier molecular flexibility index (Phi) is 8.60. The Balaban J connectivity index is 1.73. The quantitative estimate of drug-likeness (QED) is 0.550. The van der Waals surface area contributed by atoms with Crippen LogP contribution in [0.15, 0.2) is 12.2 Å². The maximum Gasteiger partial charge on any atom is 0.132 e. The molecule has 2 saturated heterocycles. The third-order valence-corrected chi connectivity index (χ3v) is 8.56. The molecule has 3 heterocycles. The summed E-state index contributed by atoms with van der Waals surface area (Å²) in [4.78, 5) is 2.41. The number of morpholine rings is 1. The first kappa shape index (κ1) is 23.7. The van der Waals surface area contributed by atoms with E-state index in [2.05, 4.69) is 21.8 Å². The summed E-state index contributed by atoms with van der Waals surface area (Å²) in [5.41, 5.74) is -0.477. The minimum atomic E-state index is -1.24. The number of aliphatic hydroxyl groups is 2. The molecule has 0 spiro atoms. The van der Waals surface area contributed by atoms with Crippen LogP contribution in [0.1, 0.15) is 33.6 Å². The van der Waals surface area contributed by atoms with Gasteiger partial charge in [-0.05, 0) is 33.1 Å². The molecule has 0 amide bonds. The van der Waals surface area contributed by atoms with E-state index in [1.165, 1.54) is 0 Å². The highest BCUT2D eigenvalue weighted by Gasteiger charge is 2.41. The lowest BCUT2D eigenvalue weighted by Crippen LogP contribution is -2.55. The number of nitrogens with zero attached hydrogens (tertiary/aromatic N) is 1. The first-order valence-electron chi connectivity index (χ1n) is 10.5. The molecular formula is C20H36N2O5S2. The Bertz CT molecular complexity index is 580. The fourth-order valence-corrected chi connectivity index (χ4v) is 5.90. The SMILES string of the molecule is CC(C)(C)[S@@](=O)N[C@@H]1C/C=C\[C@@H](CN2CCOCC2)CSC2O[C@H]1CC(O)[C@H]2O. The smallest absolute Gasteiger partial charge is 0.132 e. The minimum Gasteiger partial charge on any atom is -0.390 e. The van der Waals surface area contributed by atoms with Gasteiger partial charge in [0, 0.05) is 37.8 Å². The lowest BCUT2D eigenvalue weighted by atomic mass is 9.96. The molecule has 2 fully saturated rings. The Morgan fingerprint density at radius 2 is 2.00 bits per heavy atom. The van der Waals surface area contributed by atoms with Gasteiger partial charge in [0.2, 0.25) is 0 Å². The van der Waals surface area contributed by atoms with Gasteiger partial charge in [-0.15, -0.1) is 11.8 Å². The van der Waals surface area contributed by atoms with E-state index in [1.807, 2.05) is 20.8 Å². The molecule has 0 aliphatic carbocycles. The van der Waals surface area contributed by atoms with E-state index in [4.69, 9.17) is 9.47 Å². The van der Waals surface area contributed by atoms with Crippen LogP contribution in [0.2, 0.25) is 0 Å². The Labute approximate surface area is 181 Å². The molecule has 0 saturated carbocycles. The normalized spacial score (nSPS) is 39.6. The molecule has 0 aromatic carbocycles. The van der Waals surface area contributed by atoms with Gasteiger partial charge in [-0.25, -0.2) is 8.93 Å². The van der Waals surface area contributed by atoms with E-state index in [9.17, 15) is 14.4 Å². The third-order valence-electron chi connectivity index (χ3n) is 5.59. The summed E-state index contributed by atoms with van der Waals surface area (Å²) in [5.74, 6) is 1.14. The number of hydrogen-bond donors (Lipinski definition) is 3. The van der Waals surface area contributed by atoms with Gasteiger partial charge >= 0.3 is 0 Å². The highest BCUT2D eigenvalue weighted by atomic mass is 32.2. The molecule has 9 heteroatoms. The summed E-state index contributed by atoms with van der Waals surface area (Å²) in [5, 5.41) is 20.9. The Hall–Kier alpha value is -0.0000000000000000971. The molecular weight excluding hydrogens is 412 g/mol. The Morgan fingerprint density at radius 3 is 2.69 bits per heavy atom. The van der Waals surface area contributed by atoms with Crippen molar-refractivity contribution in [3.05, 3.63) is 12.2 Å². The molecule has 2 unspecified atom stereocenters. The van der Waals surface area contributed by atoms with Gasteiger partial charge in [-0.3, -0.25) is 4.90 Å². The molecule has 3 aliphatic heterocycles. The van der Waals surface area contributed by atoms with Crippen LogP contribution in [0, 0.1) is 5.92 Å². The van der Waals surface area contributed by atoms with Gasteiger partial charge in [0.15, 0.2) is 0 Å². The lowest BCUT2D eigenvalue weighted by Gasteiger charge is -2.41. The summed E-state index contributed by atoms with van der Waals surface area (Å²) in [6, 6.07) is -0.182. The van der Waals surface area contributed by atoms with Crippen LogP contribution in [0.25, 0.3) is 0 Å². The van der Waals surface area contributed by atoms with Gasteiger partial charge in [-0.1, -0.05) is 12.2 Å². The molecule has 29 heavy (non-hydrogen) atoms. The van der Waals surface area contributed by atoms with Crippen molar-refractivity contribution in [3.63, 3.8) is 0 Å². The van der Waals surface area contributed by atoms with Crippen LogP contribution in [-0.2, 0) is 20.5 Å². The zero-order chi connectivity index (χ0) is 21.0. The van der Waals surface area contributed by atoms with Gasteiger partial charge < -0.3 is 19.7 Å². The number of ether oxygens (including phenoxy) is 2. The van der Waals surface area contributed by atoms with Crippen molar-refractivity contribution >= 4 is 22.7 Å². The van der Waals surface area contributed by atoms with Crippen molar-refractivity contribution in [2.45, 2.75) is 68.1 Å². The molecule has 0 aromatic rings. The zero-order valence-corrected chi connectivity index (χ0v) is 19.3. The molecule has 7 atom stereocenters. The highest BCUT2D eigenvalue weighted by Crippen LogP contribution is 2.33. The second-order valence-electron chi connectivity index (χ2n) is 9.11. The van der Waals surface area contributed by atoms with E-state index in [0.29, 0.717) is 18.8 Å². The molecule has 0 aromatic heterocycles. The first-order valence-corrected chi connectivity index (χ1v) is 12.7. The molecule has 7 nitrogen and oxygen atoms in total. The fourth-order valence-electron chi connectivity index (χ4n) is 3.77. The fraction of sp³-hybridized carbons (Fsp3) is 0.900. The average molecular weight is 449 g/mol. The number of rotatable bonds is 4. The van der Waals surface area contributed by atoms with Gasteiger partial charge in [0.05, 0.1) is 41.2 Å². The van der Waals surface area contributed by atoms with E-state index < -0.39 is 33.4 Å². The first-order chi connectivity index (χ1) is 13.7. The van der Waals surface area contributed by atoms with Crippen LogP contribution >= 0.6 is 11.8 Å².